The summed E-state index contributed by atoms with van der Waals surface area (Å²) in [6.07, 6.45) is 2.29. The second-order valence-corrected chi connectivity index (χ2v) is 8.86. The fourth-order valence-electron chi connectivity index (χ4n) is 4.47. The summed E-state index contributed by atoms with van der Waals surface area (Å²) < 4.78 is 10.8. The number of rotatable bonds is 12. The van der Waals surface area contributed by atoms with E-state index in [0.717, 1.165) is 84.4 Å². The molecule has 7 heteroatoms. The molecule has 7 nitrogen and oxygen atoms in total. The van der Waals surface area contributed by atoms with Crippen molar-refractivity contribution in [1.82, 2.24) is 20.0 Å². The lowest BCUT2D eigenvalue weighted by Gasteiger charge is -2.34. The highest BCUT2D eigenvalue weighted by Gasteiger charge is 2.25. The lowest BCUT2D eigenvalue weighted by atomic mass is 10.1. The minimum absolute atomic E-state index is 0.586. The zero-order valence-corrected chi connectivity index (χ0v) is 20.2. The second kappa shape index (κ2) is 14.5. The van der Waals surface area contributed by atoms with Crippen LogP contribution in [0.5, 0.6) is 0 Å². The number of nitrogens with zero attached hydrogens (tertiary/aromatic N) is 4. The third kappa shape index (κ3) is 8.70. The molecule has 2 fully saturated rings. The van der Waals surface area contributed by atoms with Gasteiger partial charge in [0.15, 0.2) is 5.96 Å². The molecule has 0 aliphatic carbocycles. The number of benzene rings is 1. The molecule has 0 saturated carbocycles. The number of methoxy groups -OCH3 is 1. The quantitative estimate of drug-likeness (QED) is 0.302. The van der Waals surface area contributed by atoms with Crippen LogP contribution in [0.4, 0.5) is 0 Å². The van der Waals surface area contributed by atoms with Gasteiger partial charge in [-0.2, -0.15) is 0 Å². The monoisotopic (exact) mass is 445 g/mol. The van der Waals surface area contributed by atoms with E-state index in [1.54, 1.807) is 7.11 Å². The van der Waals surface area contributed by atoms with Crippen molar-refractivity contribution in [1.29, 1.82) is 0 Å². The molecule has 1 aromatic carbocycles. The predicted octanol–water partition coefficient (Wildman–Crippen LogP) is 2.14. The van der Waals surface area contributed by atoms with Gasteiger partial charge in [0.1, 0.15) is 0 Å². The molecule has 2 aliphatic rings. The first kappa shape index (κ1) is 25.0. The molecule has 0 bridgehead atoms. The summed E-state index contributed by atoms with van der Waals surface area (Å²) >= 11 is 0. The molecule has 0 aromatic heterocycles. The third-order valence-electron chi connectivity index (χ3n) is 6.31. The van der Waals surface area contributed by atoms with Gasteiger partial charge in [0.05, 0.1) is 19.8 Å². The van der Waals surface area contributed by atoms with Gasteiger partial charge < -0.3 is 24.6 Å². The van der Waals surface area contributed by atoms with E-state index in [1.165, 1.54) is 12.0 Å². The van der Waals surface area contributed by atoms with Crippen molar-refractivity contribution in [2.24, 2.45) is 10.9 Å². The van der Waals surface area contributed by atoms with Crippen LogP contribution in [-0.2, 0) is 16.0 Å². The number of likely N-dealkylation sites (tertiary alicyclic amines) is 1. The summed E-state index contributed by atoms with van der Waals surface area (Å²) in [5.74, 6) is 1.66. The number of hydrogen-bond donors (Lipinski definition) is 1. The second-order valence-electron chi connectivity index (χ2n) is 8.86. The zero-order valence-electron chi connectivity index (χ0n) is 20.2. The average molecular weight is 446 g/mol. The maximum absolute atomic E-state index is 5.73. The van der Waals surface area contributed by atoms with E-state index in [9.17, 15) is 0 Å². The average Bonchev–Trinajstić information content (AvgIpc) is 3.29. The van der Waals surface area contributed by atoms with Crippen molar-refractivity contribution >= 4 is 5.96 Å². The highest BCUT2D eigenvalue weighted by atomic mass is 16.5. The lowest BCUT2D eigenvalue weighted by Crippen LogP contribution is -2.46. The Morgan fingerprint density at radius 3 is 2.59 bits per heavy atom. The molecule has 3 rings (SSSR count). The zero-order chi connectivity index (χ0) is 22.4. The van der Waals surface area contributed by atoms with Crippen molar-refractivity contribution in [3.8, 4) is 0 Å². The summed E-state index contributed by atoms with van der Waals surface area (Å²) in [4.78, 5) is 12.5. The van der Waals surface area contributed by atoms with Crippen molar-refractivity contribution in [2.45, 2.75) is 26.3 Å². The van der Waals surface area contributed by atoms with Gasteiger partial charge in [-0.3, -0.25) is 9.89 Å². The Hall–Kier alpha value is -1.67. The first-order valence-corrected chi connectivity index (χ1v) is 12.4. The summed E-state index contributed by atoms with van der Waals surface area (Å²) in [6.45, 7) is 15.0. The molecular formula is C25H43N5O2. The third-order valence-corrected chi connectivity index (χ3v) is 6.31. The Bertz CT molecular complexity index is 649. The Morgan fingerprint density at radius 2 is 1.84 bits per heavy atom. The smallest absolute Gasteiger partial charge is 0.193 e. The number of ether oxygens (including phenoxy) is 2. The SMILES string of the molecule is CCNC(=NCCCN1CCN(Cc2ccccc2)CC1)N1CCC(COCCOC)C1. The van der Waals surface area contributed by atoms with E-state index in [0.29, 0.717) is 19.1 Å². The first-order valence-electron chi connectivity index (χ1n) is 12.4. The van der Waals surface area contributed by atoms with E-state index in [2.05, 4.69) is 57.3 Å². The molecule has 0 amide bonds. The molecular weight excluding hydrogens is 402 g/mol. The Morgan fingerprint density at radius 1 is 1.06 bits per heavy atom. The van der Waals surface area contributed by atoms with Crippen LogP contribution in [0, 0.1) is 5.92 Å². The van der Waals surface area contributed by atoms with Crippen LogP contribution in [0.2, 0.25) is 0 Å². The van der Waals surface area contributed by atoms with Gasteiger partial charge in [-0.15, -0.1) is 0 Å². The van der Waals surface area contributed by atoms with Gasteiger partial charge in [0.25, 0.3) is 0 Å². The van der Waals surface area contributed by atoms with Crippen LogP contribution >= 0.6 is 0 Å². The van der Waals surface area contributed by atoms with E-state index in [4.69, 9.17) is 14.5 Å². The van der Waals surface area contributed by atoms with Gasteiger partial charge in [0.2, 0.25) is 0 Å². The van der Waals surface area contributed by atoms with Gasteiger partial charge in [-0.25, -0.2) is 0 Å². The van der Waals surface area contributed by atoms with Crippen molar-refractivity contribution in [2.75, 3.05) is 85.8 Å². The maximum atomic E-state index is 5.73. The molecule has 180 valence electrons. The van der Waals surface area contributed by atoms with Crippen LogP contribution in [0.3, 0.4) is 0 Å². The van der Waals surface area contributed by atoms with Gasteiger partial charge >= 0.3 is 0 Å². The van der Waals surface area contributed by atoms with Crippen LogP contribution in [0.1, 0.15) is 25.3 Å². The number of guanidine groups is 1. The molecule has 2 saturated heterocycles. The molecule has 1 unspecified atom stereocenters. The van der Waals surface area contributed by atoms with Crippen molar-refractivity contribution < 1.29 is 9.47 Å². The van der Waals surface area contributed by atoms with Crippen molar-refractivity contribution in [3.05, 3.63) is 35.9 Å². The van der Waals surface area contributed by atoms with E-state index in [1.807, 2.05) is 0 Å². The summed E-state index contributed by atoms with van der Waals surface area (Å²) in [5.41, 5.74) is 1.41. The fraction of sp³-hybridized carbons (Fsp3) is 0.720. The molecule has 1 aromatic rings. The van der Waals surface area contributed by atoms with E-state index >= 15 is 0 Å². The number of aliphatic imine (C=N–C) groups is 1. The summed E-state index contributed by atoms with van der Waals surface area (Å²) in [7, 11) is 1.71. The number of piperazine rings is 1. The summed E-state index contributed by atoms with van der Waals surface area (Å²) in [5, 5.41) is 3.48. The minimum Gasteiger partial charge on any atom is -0.382 e. The highest BCUT2D eigenvalue weighted by molar-refractivity contribution is 5.80. The largest absolute Gasteiger partial charge is 0.382 e. The molecule has 32 heavy (non-hydrogen) atoms. The molecule has 1 N–H and O–H groups in total. The molecule has 0 spiro atoms. The van der Waals surface area contributed by atoms with Gasteiger partial charge in [-0.05, 0) is 25.3 Å². The van der Waals surface area contributed by atoms with Crippen molar-refractivity contribution in [3.63, 3.8) is 0 Å². The molecule has 2 heterocycles. The topological polar surface area (TPSA) is 52.6 Å². The molecule has 2 aliphatic heterocycles. The normalized spacial score (nSPS) is 20.8. The Labute approximate surface area is 194 Å². The summed E-state index contributed by atoms with van der Waals surface area (Å²) in [6, 6.07) is 10.8. The van der Waals surface area contributed by atoms with E-state index < -0.39 is 0 Å². The number of hydrogen-bond acceptors (Lipinski definition) is 5. The van der Waals surface area contributed by atoms with E-state index in [-0.39, 0.29) is 0 Å². The standard InChI is InChI=1S/C25H43N5O2/c1-3-26-25(30-13-10-24(21-30)22-32-19-18-31-2)27-11-7-12-28-14-16-29(17-15-28)20-23-8-5-4-6-9-23/h4-6,8-9,24H,3,7,10-22H2,1-2H3,(H,26,27). The lowest BCUT2D eigenvalue weighted by molar-refractivity contribution is 0.0536. The Kier molecular flexibility index (Phi) is 11.3. The van der Waals surface area contributed by atoms with Crippen LogP contribution in [0.25, 0.3) is 0 Å². The fourth-order valence-corrected chi connectivity index (χ4v) is 4.47. The van der Waals surface area contributed by atoms with Crippen LogP contribution in [-0.4, -0.2) is 106 Å². The maximum Gasteiger partial charge on any atom is 0.193 e. The first-order chi connectivity index (χ1) is 15.8. The van der Waals surface area contributed by atoms with Crippen LogP contribution < -0.4 is 5.32 Å². The van der Waals surface area contributed by atoms with Crippen LogP contribution in [0.15, 0.2) is 35.3 Å². The highest BCUT2D eigenvalue weighted by Crippen LogP contribution is 2.17. The predicted molar refractivity (Wildman–Crippen MR) is 131 cm³/mol. The molecule has 0 radical (unpaired) electrons. The molecule has 1 atom stereocenters. The Balaban J connectivity index is 1.32. The van der Waals surface area contributed by atoms with Gasteiger partial charge in [-0.1, -0.05) is 30.3 Å². The van der Waals surface area contributed by atoms with Gasteiger partial charge in [0, 0.05) is 78.5 Å². The number of nitrogens with one attached hydrogen (secondary N) is 1. The minimum atomic E-state index is 0.586.